The van der Waals surface area contributed by atoms with Crippen molar-refractivity contribution in [3.05, 3.63) is 48.3 Å². The predicted molar refractivity (Wildman–Crippen MR) is 106 cm³/mol. The van der Waals surface area contributed by atoms with Crippen molar-refractivity contribution in [2.45, 2.75) is 6.42 Å². The zero-order chi connectivity index (χ0) is 19.2. The minimum absolute atomic E-state index is 0.595. The van der Waals surface area contributed by atoms with E-state index in [4.69, 9.17) is 14.0 Å². The van der Waals surface area contributed by atoms with Crippen LogP contribution < -0.4 is 19.5 Å². The van der Waals surface area contributed by atoms with E-state index in [1.54, 1.807) is 20.3 Å². The highest BCUT2D eigenvalue weighted by atomic mass is 32.2. The summed E-state index contributed by atoms with van der Waals surface area (Å²) in [6.45, 7) is 0.631. The molecule has 2 aromatic carbocycles. The number of benzene rings is 2. The first kappa shape index (κ1) is 18.9. The molecule has 0 spiro atoms. The summed E-state index contributed by atoms with van der Waals surface area (Å²) in [4.78, 5) is 8.61. The molecule has 0 saturated carbocycles. The number of anilines is 2. The molecule has 0 bridgehead atoms. The summed E-state index contributed by atoms with van der Waals surface area (Å²) < 4.78 is 32.9. The number of ether oxygens (including phenoxy) is 2. The van der Waals surface area contributed by atoms with Crippen LogP contribution in [0, 0.1) is 0 Å². The van der Waals surface area contributed by atoms with Gasteiger partial charge in [0.25, 0.3) is 11.3 Å². The normalized spacial score (nSPS) is 11.8. The standard InChI is InChI=1S/C18H20N4O4S/c1-25-16-9-14-15(10-17(16)26-2)20-11-21-18(14)19-7-6-12-4-3-5-13(8-12)22-27(23)24/h3-5,8-11,22H,6-7H2,1-2H3,(H,23,24)(H,19,20,21). The van der Waals surface area contributed by atoms with Gasteiger partial charge in [0, 0.05) is 23.7 Å². The Bertz CT molecular complexity index is 967. The van der Waals surface area contributed by atoms with Crippen LogP contribution in [0.3, 0.4) is 0 Å². The van der Waals surface area contributed by atoms with Gasteiger partial charge in [0.2, 0.25) is 0 Å². The largest absolute Gasteiger partial charge is 0.493 e. The molecule has 1 heterocycles. The Kier molecular flexibility index (Phi) is 6.05. The van der Waals surface area contributed by atoms with Crippen LogP contribution in [0.25, 0.3) is 10.9 Å². The maximum absolute atomic E-state index is 10.9. The summed E-state index contributed by atoms with van der Waals surface area (Å²) in [5.74, 6) is 1.92. The van der Waals surface area contributed by atoms with Gasteiger partial charge in [-0.15, -0.1) is 0 Å². The average molecular weight is 388 g/mol. The number of fused-ring (bicyclic) bond motifs is 1. The summed E-state index contributed by atoms with van der Waals surface area (Å²) in [5, 5.41) is 4.14. The number of rotatable bonds is 8. The minimum Gasteiger partial charge on any atom is -0.493 e. The number of nitrogens with one attached hydrogen (secondary N) is 2. The van der Waals surface area contributed by atoms with Crippen molar-refractivity contribution in [1.29, 1.82) is 0 Å². The first-order valence-corrected chi connectivity index (χ1v) is 9.28. The van der Waals surface area contributed by atoms with Crippen LogP contribution >= 0.6 is 0 Å². The summed E-state index contributed by atoms with van der Waals surface area (Å²) >= 11 is -2.09. The molecular weight excluding hydrogens is 368 g/mol. The summed E-state index contributed by atoms with van der Waals surface area (Å²) in [6, 6.07) is 11.0. The van der Waals surface area contributed by atoms with Crippen molar-refractivity contribution in [3.8, 4) is 11.5 Å². The first-order chi connectivity index (χ1) is 13.1. The SMILES string of the molecule is COc1cc2ncnc(NCCc3cccc(NS(=O)O)c3)c2cc1OC. The maximum Gasteiger partial charge on any atom is 0.259 e. The van der Waals surface area contributed by atoms with Crippen molar-refractivity contribution in [3.63, 3.8) is 0 Å². The second kappa shape index (κ2) is 8.65. The van der Waals surface area contributed by atoms with Crippen LogP contribution in [0.2, 0.25) is 0 Å². The van der Waals surface area contributed by atoms with E-state index in [1.165, 1.54) is 6.33 Å². The number of hydrogen-bond acceptors (Lipinski definition) is 6. The van der Waals surface area contributed by atoms with E-state index in [-0.39, 0.29) is 0 Å². The van der Waals surface area contributed by atoms with Crippen molar-refractivity contribution in [1.82, 2.24) is 9.97 Å². The molecule has 0 aliphatic heterocycles. The number of hydrogen-bond donors (Lipinski definition) is 3. The molecular formula is C18H20N4O4S. The minimum atomic E-state index is -2.09. The van der Waals surface area contributed by atoms with E-state index in [9.17, 15) is 4.21 Å². The number of methoxy groups -OCH3 is 2. The number of nitrogens with zero attached hydrogens (tertiary/aromatic N) is 2. The van der Waals surface area contributed by atoms with Crippen LogP contribution in [0.15, 0.2) is 42.7 Å². The molecule has 0 aliphatic rings. The zero-order valence-corrected chi connectivity index (χ0v) is 15.7. The fourth-order valence-corrected chi connectivity index (χ4v) is 3.07. The molecule has 3 N–H and O–H groups in total. The molecule has 0 amide bonds. The van der Waals surface area contributed by atoms with Crippen LogP contribution in [0.5, 0.6) is 11.5 Å². The van der Waals surface area contributed by atoms with Crippen LogP contribution in [-0.4, -0.2) is 39.5 Å². The molecule has 3 aromatic rings. The fourth-order valence-electron chi connectivity index (χ4n) is 2.74. The Labute approximate surface area is 159 Å². The molecule has 8 nitrogen and oxygen atoms in total. The van der Waals surface area contributed by atoms with E-state index < -0.39 is 11.3 Å². The molecule has 0 fully saturated rings. The Balaban J connectivity index is 1.74. The van der Waals surface area contributed by atoms with Crippen LogP contribution in [-0.2, 0) is 17.7 Å². The molecule has 1 aromatic heterocycles. The molecule has 27 heavy (non-hydrogen) atoms. The van der Waals surface area contributed by atoms with Gasteiger partial charge in [-0.25, -0.2) is 14.2 Å². The molecule has 1 atom stereocenters. The monoisotopic (exact) mass is 388 g/mol. The quantitative estimate of drug-likeness (QED) is 0.510. The van der Waals surface area contributed by atoms with Crippen molar-refractivity contribution in [2.75, 3.05) is 30.8 Å². The van der Waals surface area contributed by atoms with Gasteiger partial charge >= 0.3 is 0 Å². The molecule has 3 rings (SSSR count). The highest BCUT2D eigenvalue weighted by Crippen LogP contribution is 2.33. The third-order valence-corrected chi connectivity index (χ3v) is 4.39. The van der Waals surface area contributed by atoms with Gasteiger partial charge < -0.3 is 14.8 Å². The van der Waals surface area contributed by atoms with Gasteiger partial charge in [0.05, 0.1) is 19.7 Å². The predicted octanol–water partition coefficient (Wildman–Crippen LogP) is 2.85. The molecule has 0 radical (unpaired) electrons. The molecule has 1 unspecified atom stereocenters. The number of aromatic nitrogens is 2. The van der Waals surface area contributed by atoms with Gasteiger partial charge in [-0.1, -0.05) is 12.1 Å². The smallest absolute Gasteiger partial charge is 0.259 e. The van der Waals surface area contributed by atoms with Crippen molar-refractivity contribution >= 4 is 33.7 Å². The molecule has 0 aliphatic carbocycles. The maximum atomic E-state index is 10.9. The first-order valence-electron chi connectivity index (χ1n) is 8.17. The second-order valence-electron chi connectivity index (χ2n) is 5.67. The lowest BCUT2D eigenvalue weighted by molar-refractivity contribution is 0.356. The Morgan fingerprint density at radius 1 is 1.11 bits per heavy atom. The highest BCUT2D eigenvalue weighted by molar-refractivity contribution is 7.80. The van der Waals surface area contributed by atoms with Crippen LogP contribution in [0.4, 0.5) is 11.5 Å². The van der Waals surface area contributed by atoms with Gasteiger partial charge in [-0.2, -0.15) is 0 Å². The van der Waals surface area contributed by atoms with Gasteiger partial charge in [-0.3, -0.25) is 9.27 Å². The topological polar surface area (TPSA) is 106 Å². The van der Waals surface area contributed by atoms with E-state index in [0.29, 0.717) is 36.0 Å². The Morgan fingerprint density at radius 3 is 2.63 bits per heavy atom. The zero-order valence-electron chi connectivity index (χ0n) is 14.9. The van der Waals surface area contributed by atoms with Crippen molar-refractivity contribution in [2.24, 2.45) is 0 Å². The van der Waals surface area contributed by atoms with E-state index in [0.717, 1.165) is 16.5 Å². The lowest BCUT2D eigenvalue weighted by Crippen LogP contribution is -2.08. The van der Waals surface area contributed by atoms with Crippen LogP contribution in [0.1, 0.15) is 5.56 Å². The highest BCUT2D eigenvalue weighted by Gasteiger charge is 2.10. The molecule has 0 saturated heterocycles. The van der Waals surface area contributed by atoms with Gasteiger partial charge in [0.1, 0.15) is 12.1 Å². The Hall–Kier alpha value is -2.91. The average Bonchev–Trinajstić information content (AvgIpc) is 2.67. The second-order valence-corrected chi connectivity index (χ2v) is 6.38. The lowest BCUT2D eigenvalue weighted by atomic mass is 10.1. The summed E-state index contributed by atoms with van der Waals surface area (Å²) in [6.07, 6.45) is 2.21. The third-order valence-electron chi connectivity index (χ3n) is 3.98. The van der Waals surface area contributed by atoms with E-state index in [1.807, 2.05) is 30.3 Å². The summed E-state index contributed by atoms with van der Waals surface area (Å²) in [5.41, 5.74) is 2.37. The van der Waals surface area contributed by atoms with Crippen molar-refractivity contribution < 1.29 is 18.2 Å². The van der Waals surface area contributed by atoms with Gasteiger partial charge in [0.15, 0.2) is 11.5 Å². The molecule has 9 heteroatoms. The van der Waals surface area contributed by atoms with Gasteiger partial charge in [-0.05, 0) is 30.2 Å². The van der Waals surface area contributed by atoms with E-state index in [2.05, 4.69) is 20.0 Å². The third kappa shape index (κ3) is 4.63. The molecule has 142 valence electrons. The van der Waals surface area contributed by atoms with E-state index >= 15 is 0 Å². The Morgan fingerprint density at radius 2 is 1.89 bits per heavy atom. The lowest BCUT2D eigenvalue weighted by Gasteiger charge is -2.12. The summed E-state index contributed by atoms with van der Waals surface area (Å²) in [7, 11) is 3.17. The fraction of sp³-hybridized carbons (Fsp3) is 0.222.